The molecular formula is C13H13ClN4O3. The number of benzene rings is 1. The van der Waals surface area contributed by atoms with Crippen LogP contribution in [0, 0.1) is 0 Å². The molecule has 0 spiro atoms. The first-order valence-corrected chi connectivity index (χ1v) is 6.84. The van der Waals surface area contributed by atoms with Crippen LogP contribution in [-0.2, 0) is 4.79 Å². The number of nitrogens with one attached hydrogen (secondary N) is 2. The predicted octanol–water partition coefficient (Wildman–Crippen LogP) is 1.11. The van der Waals surface area contributed by atoms with Gasteiger partial charge in [0, 0.05) is 23.8 Å². The van der Waals surface area contributed by atoms with Crippen molar-refractivity contribution in [3.05, 3.63) is 29.3 Å². The molecule has 5 amide bonds. The highest BCUT2D eigenvalue weighted by atomic mass is 35.5. The molecule has 2 N–H and O–H groups in total. The van der Waals surface area contributed by atoms with E-state index in [-0.39, 0.29) is 30.6 Å². The van der Waals surface area contributed by atoms with E-state index < -0.39 is 0 Å². The van der Waals surface area contributed by atoms with Crippen LogP contribution in [0.5, 0.6) is 0 Å². The maximum Gasteiger partial charge on any atom is 0.324 e. The van der Waals surface area contributed by atoms with Crippen LogP contribution in [0.2, 0.25) is 5.02 Å². The Labute approximate surface area is 125 Å². The monoisotopic (exact) mass is 308 g/mol. The fourth-order valence-electron chi connectivity index (χ4n) is 2.32. The molecule has 0 radical (unpaired) electrons. The molecular weight excluding hydrogens is 296 g/mol. The number of hydrogen-bond donors (Lipinski definition) is 2. The Balaban J connectivity index is 1.54. The molecule has 0 bridgehead atoms. The number of imide groups is 1. The largest absolute Gasteiger partial charge is 0.329 e. The van der Waals surface area contributed by atoms with Gasteiger partial charge in [0.2, 0.25) is 5.91 Å². The summed E-state index contributed by atoms with van der Waals surface area (Å²) >= 11 is 5.77. The highest BCUT2D eigenvalue weighted by Gasteiger charge is 2.42. The summed E-state index contributed by atoms with van der Waals surface area (Å²) in [7, 11) is 0. The van der Waals surface area contributed by atoms with Gasteiger partial charge in [0.1, 0.15) is 0 Å². The molecule has 2 aliphatic heterocycles. The van der Waals surface area contributed by atoms with Gasteiger partial charge in [0.05, 0.1) is 12.6 Å². The summed E-state index contributed by atoms with van der Waals surface area (Å²) in [6.45, 7) is 0.726. The lowest BCUT2D eigenvalue weighted by Crippen LogP contribution is -2.63. The Morgan fingerprint density at radius 2 is 1.90 bits per heavy atom. The molecule has 1 aromatic rings. The first-order chi connectivity index (χ1) is 10.0. The Morgan fingerprint density at radius 3 is 2.48 bits per heavy atom. The summed E-state index contributed by atoms with van der Waals surface area (Å²) in [5, 5.41) is 5.79. The summed E-state index contributed by atoms with van der Waals surface area (Å²) in [4.78, 5) is 37.7. The van der Waals surface area contributed by atoms with Gasteiger partial charge in [-0.25, -0.2) is 9.59 Å². The summed E-state index contributed by atoms with van der Waals surface area (Å²) in [6.07, 6.45) is 0. The number of halogens is 1. The summed E-state index contributed by atoms with van der Waals surface area (Å²) in [5.41, 5.74) is 0.642. The molecule has 0 atom stereocenters. The van der Waals surface area contributed by atoms with Crippen LogP contribution in [0.4, 0.5) is 15.3 Å². The van der Waals surface area contributed by atoms with Crippen molar-refractivity contribution in [1.82, 2.24) is 15.1 Å². The van der Waals surface area contributed by atoms with Gasteiger partial charge >= 0.3 is 12.1 Å². The van der Waals surface area contributed by atoms with Gasteiger partial charge in [-0.2, -0.15) is 0 Å². The predicted molar refractivity (Wildman–Crippen MR) is 76.1 cm³/mol. The van der Waals surface area contributed by atoms with Gasteiger partial charge in [-0.05, 0) is 24.3 Å². The second-order valence-electron chi connectivity index (χ2n) is 4.92. The van der Waals surface area contributed by atoms with Crippen LogP contribution >= 0.6 is 11.6 Å². The number of carbonyl (C=O) groups excluding carboxylic acids is 3. The topological polar surface area (TPSA) is 81.8 Å². The lowest BCUT2D eigenvalue weighted by molar-refractivity contribution is -0.128. The van der Waals surface area contributed by atoms with Crippen LogP contribution in [0.3, 0.4) is 0 Å². The maximum absolute atomic E-state index is 12.0. The van der Waals surface area contributed by atoms with E-state index in [4.69, 9.17) is 11.6 Å². The Hall–Kier alpha value is -2.28. The molecule has 2 saturated heterocycles. The second-order valence-corrected chi connectivity index (χ2v) is 5.35. The fraction of sp³-hybridized carbons (Fsp3) is 0.308. The van der Waals surface area contributed by atoms with E-state index in [2.05, 4.69) is 10.6 Å². The number of hydrogen-bond acceptors (Lipinski definition) is 3. The van der Waals surface area contributed by atoms with Crippen molar-refractivity contribution in [1.29, 1.82) is 0 Å². The Morgan fingerprint density at radius 1 is 1.24 bits per heavy atom. The van der Waals surface area contributed by atoms with Crippen LogP contribution in [0.1, 0.15) is 0 Å². The smallest absolute Gasteiger partial charge is 0.324 e. The fourth-order valence-corrected chi connectivity index (χ4v) is 2.45. The van der Waals surface area contributed by atoms with Crippen molar-refractivity contribution < 1.29 is 14.4 Å². The van der Waals surface area contributed by atoms with E-state index in [0.717, 1.165) is 0 Å². The molecule has 1 aromatic carbocycles. The van der Waals surface area contributed by atoms with Gasteiger partial charge in [-0.15, -0.1) is 0 Å². The Kier molecular flexibility index (Phi) is 3.42. The number of rotatable bonds is 2. The third-order valence-electron chi connectivity index (χ3n) is 3.49. The van der Waals surface area contributed by atoms with Gasteiger partial charge in [-0.1, -0.05) is 11.6 Å². The van der Waals surface area contributed by atoms with E-state index in [0.29, 0.717) is 23.8 Å². The third-order valence-corrected chi connectivity index (χ3v) is 3.74. The first kappa shape index (κ1) is 13.7. The van der Waals surface area contributed by atoms with E-state index in [9.17, 15) is 14.4 Å². The summed E-state index contributed by atoms with van der Waals surface area (Å²) in [6, 6.07) is 5.88. The van der Waals surface area contributed by atoms with Gasteiger partial charge in [0.15, 0.2) is 0 Å². The molecule has 7 nitrogen and oxygen atoms in total. The highest BCUT2D eigenvalue weighted by molar-refractivity contribution is 6.30. The lowest BCUT2D eigenvalue weighted by atomic mass is 10.1. The Bertz CT molecular complexity index is 582. The summed E-state index contributed by atoms with van der Waals surface area (Å²) < 4.78 is 0. The van der Waals surface area contributed by atoms with Crippen molar-refractivity contribution in [3.8, 4) is 0 Å². The van der Waals surface area contributed by atoms with Crippen LogP contribution in [-0.4, -0.2) is 53.4 Å². The quantitative estimate of drug-likeness (QED) is 0.803. The number of anilines is 1. The molecule has 2 fully saturated rings. The molecule has 0 saturated carbocycles. The standard InChI is InChI=1S/C13H13ClN4O3/c14-8-1-3-9(4-2-8)16-13(21)17-6-10(7-17)18-11(19)5-15-12(18)20/h1-4,10H,5-7H2,(H,15,20)(H,16,21). The van der Waals surface area contributed by atoms with Crippen LogP contribution in [0.15, 0.2) is 24.3 Å². The van der Waals surface area contributed by atoms with Crippen LogP contribution < -0.4 is 10.6 Å². The molecule has 110 valence electrons. The van der Waals surface area contributed by atoms with E-state index >= 15 is 0 Å². The molecule has 2 aliphatic rings. The second kappa shape index (κ2) is 5.25. The zero-order chi connectivity index (χ0) is 15.0. The third kappa shape index (κ3) is 2.64. The van der Waals surface area contributed by atoms with E-state index in [1.807, 2.05) is 0 Å². The van der Waals surface area contributed by atoms with Crippen molar-refractivity contribution in [2.45, 2.75) is 6.04 Å². The van der Waals surface area contributed by atoms with Crippen molar-refractivity contribution in [3.63, 3.8) is 0 Å². The highest BCUT2D eigenvalue weighted by Crippen LogP contribution is 2.20. The minimum absolute atomic E-state index is 0.0340. The summed E-state index contributed by atoms with van der Waals surface area (Å²) in [5.74, 6) is -0.247. The van der Waals surface area contributed by atoms with Gasteiger partial charge in [0.25, 0.3) is 0 Å². The maximum atomic E-state index is 12.0. The van der Waals surface area contributed by atoms with Crippen molar-refractivity contribution in [2.24, 2.45) is 0 Å². The molecule has 0 aromatic heterocycles. The average Bonchev–Trinajstić information content (AvgIpc) is 2.72. The van der Waals surface area contributed by atoms with Crippen LogP contribution in [0.25, 0.3) is 0 Å². The number of nitrogens with zero attached hydrogens (tertiary/aromatic N) is 2. The number of likely N-dealkylation sites (tertiary alicyclic amines) is 1. The molecule has 21 heavy (non-hydrogen) atoms. The number of carbonyl (C=O) groups is 3. The average molecular weight is 309 g/mol. The SMILES string of the molecule is O=C(Nc1ccc(Cl)cc1)N1CC(N2C(=O)CNC2=O)C1. The number of amides is 5. The normalized spacial score (nSPS) is 18.5. The minimum atomic E-state index is -0.386. The molecule has 2 heterocycles. The van der Waals surface area contributed by atoms with Crippen molar-refractivity contribution >= 4 is 35.3 Å². The molecule has 8 heteroatoms. The van der Waals surface area contributed by atoms with E-state index in [1.54, 1.807) is 24.3 Å². The minimum Gasteiger partial charge on any atom is -0.329 e. The number of urea groups is 2. The van der Waals surface area contributed by atoms with Gasteiger partial charge in [-0.3, -0.25) is 9.69 Å². The zero-order valence-electron chi connectivity index (χ0n) is 11.0. The first-order valence-electron chi connectivity index (χ1n) is 6.46. The van der Waals surface area contributed by atoms with Crippen molar-refractivity contribution in [2.75, 3.05) is 25.0 Å². The van der Waals surface area contributed by atoms with E-state index in [1.165, 1.54) is 9.80 Å². The molecule has 0 aliphatic carbocycles. The van der Waals surface area contributed by atoms with Gasteiger partial charge < -0.3 is 15.5 Å². The molecule has 3 rings (SSSR count). The zero-order valence-corrected chi connectivity index (χ0v) is 11.8. The molecule has 0 unspecified atom stereocenters. The lowest BCUT2D eigenvalue weighted by Gasteiger charge is -2.42.